The number of nitrogens with one attached hydrogen (secondary N) is 4. The molecule has 0 saturated carbocycles. The second-order valence-corrected chi connectivity index (χ2v) is 6.03. The third kappa shape index (κ3) is 6.77. The summed E-state index contributed by atoms with van der Waals surface area (Å²) in [6.45, 7) is 2.76. The molecule has 2 atom stereocenters. The zero-order valence-corrected chi connectivity index (χ0v) is 14.3. The number of Topliss-reactive ketones (excluding diaryl/α,β-unsaturated/α-hetero) is 1. The number of rotatable bonds is 10. The number of piperidine rings is 1. The maximum Gasteiger partial charge on any atom is 0.326 e. The Balaban J connectivity index is 2.50. The first-order chi connectivity index (χ1) is 11.9. The van der Waals surface area contributed by atoms with Gasteiger partial charge in [-0.2, -0.15) is 0 Å². The van der Waals surface area contributed by atoms with Crippen molar-refractivity contribution in [2.45, 2.75) is 44.7 Å². The zero-order chi connectivity index (χ0) is 18.8. The van der Waals surface area contributed by atoms with Crippen molar-refractivity contribution in [3.8, 4) is 0 Å². The Labute approximate surface area is 146 Å². The molecule has 1 aliphatic rings. The topological polar surface area (TPSA) is 163 Å². The van der Waals surface area contributed by atoms with Crippen molar-refractivity contribution in [2.75, 3.05) is 19.6 Å². The number of amides is 2. The minimum Gasteiger partial charge on any atom is -0.480 e. The lowest BCUT2D eigenvalue weighted by Gasteiger charge is -2.28. The first kappa shape index (κ1) is 21.0. The fraction of sp³-hybridized carbons (Fsp3) is 0.733. The molecule has 1 aliphatic heterocycles. The Kier molecular flexibility index (Phi) is 9.03. The van der Waals surface area contributed by atoms with E-state index in [0.717, 1.165) is 0 Å². The van der Waals surface area contributed by atoms with Gasteiger partial charge in [0.15, 0.2) is 0 Å². The highest BCUT2D eigenvalue weighted by Crippen LogP contribution is 2.16. The molecular weight excluding hydrogens is 330 g/mol. The fourth-order valence-corrected chi connectivity index (χ4v) is 2.77. The molecule has 0 radical (unpaired) electrons. The summed E-state index contributed by atoms with van der Waals surface area (Å²) in [5, 5.41) is 17.0. The summed E-state index contributed by atoms with van der Waals surface area (Å²) in [5.74, 6) is 1.61. The van der Waals surface area contributed by atoms with E-state index < -0.39 is 42.2 Å². The Morgan fingerprint density at radius 1 is 1.24 bits per heavy atom. The lowest BCUT2D eigenvalue weighted by molar-refractivity contribution is -0.144. The molecule has 2 unspecified atom stereocenters. The summed E-state index contributed by atoms with van der Waals surface area (Å²) < 4.78 is 0. The molecule has 10 nitrogen and oxygen atoms in total. The maximum absolute atomic E-state index is 11.9. The van der Waals surface area contributed by atoms with Gasteiger partial charge in [-0.1, -0.05) is 13.3 Å². The van der Waals surface area contributed by atoms with E-state index in [4.69, 9.17) is 5.84 Å². The molecule has 0 aromatic heterocycles. The summed E-state index contributed by atoms with van der Waals surface area (Å²) in [7, 11) is 0. The van der Waals surface area contributed by atoms with Crippen LogP contribution in [0.2, 0.25) is 0 Å². The summed E-state index contributed by atoms with van der Waals surface area (Å²) >= 11 is 0. The minimum absolute atomic E-state index is 0.171. The fourth-order valence-electron chi connectivity index (χ4n) is 2.77. The number of aliphatic carboxylic acids is 1. The first-order valence-corrected chi connectivity index (χ1v) is 8.41. The van der Waals surface area contributed by atoms with E-state index in [9.17, 15) is 24.3 Å². The van der Waals surface area contributed by atoms with E-state index in [2.05, 4.69) is 21.4 Å². The molecule has 1 rings (SSSR count). The van der Waals surface area contributed by atoms with E-state index in [1.807, 2.05) is 6.92 Å². The van der Waals surface area contributed by atoms with Gasteiger partial charge >= 0.3 is 5.97 Å². The average molecular weight is 357 g/mol. The van der Waals surface area contributed by atoms with Gasteiger partial charge in [-0.05, 0) is 38.3 Å². The number of ketones is 1. The Hall–Kier alpha value is -2.04. The first-order valence-electron chi connectivity index (χ1n) is 8.41. The second kappa shape index (κ2) is 10.7. The molecule has 7 N–H and O–H groups in total. The van der Waals surface area contributed by atoms with Crippen LogP contribution in [0.25, 0.3) is 0 Å². The van der Waals surface area contributed by atoms with Crippen molar-refractivity contribution in [3.63, 3.8) is 0 Å². The molecule has 0 bridgehead atoms. The van der Waals surface area contributed by atoms with Crippen LogP contribution in [0.3, 0.4) is 0 Å². The predicted octanol–water partition coefficient (Wildman–Crippen LogP) is -2.13. The van der Waals surface area contributed by atoms with Gasteiger partial charge in [-0.25, -0.2) is 10.2 Å². The highest BCUT2D eigenvalue weighted by molar-refractivity contribution is 6.38. The number of carbonyl (C=O) groups excluding carboxylic acids is 3. The summed E-state index contributed by atoms with van der Waals surface area (Å²) in [5.41, 5.74) is 2.27. The van der Waals surface area contributed by atoms with Crippen molar-refractivity contribution < 1.29 is 24.3 Å². The van der Waals surface area contributed by atoms with Crippen molar-refractivity contribution >= 4 is 23.6 Å². The van der Waals surface area contributed by atoms with Crippen LogP contribution < -0.4 is 27.2 Å². The van der Waals surface area contributed by atoms with Crippen LogP contribution in [-0.2, 0) is 19.2 Å². The lowest BCUT2D eigenvalue weighted by Crippen LogP contribution is -2.53. The van der Waals surface area contributed by atoms with Crippen molar-refractivity contribution in [1.82, 2.24) is 21.4 Å². The molecule has 0 aromatic carbocycles. The maximum atomic E-state index is 11.9. The minimum atomic E-state index is -1.11. The van der Waals surface area contributed by atoms with Crippen LogP contribution >= 0.6 is 0 Å². The summed E-state index contributed by atoms with van der Waals surface area (Å²) in [6, 6.07) is -1.82. The third-order valence-electron chi connectivity index (χ3n) is 4.17. The number of nitrogens with two attached hydrogens (primary N) is 1. The lowest BCUT2D eigenvalue weighted by atomic mass is 9.90. The van der Waals surface area contributed by atoms with Crippen LogP contribution in [0.1, 0.15) is 32.6 Å². The third-order valence-corrected chi connectivity index (χ3v) is 4.17. The van der Waals surface area contributed by atoms with Crippen molar-refractivity contribution in [3.05, 3.63) is 0 Å². The number of carboxylic acids is 1. The second-order valence-electron chi connectivity index (χ2n) is 6.03. The molecule has 10 heteroatoms. The molecule has 1 heterocycles. The summed E-state index contributed by atoms with van der Waals surface area (Å²) in [6.07, 6.45) is 2.34. The van der Waals surface area contributed by atoms with Crippen molar-refractivity contribution in [2.24, 2.45) is 11.8 Å². The average Bonchev–Trinajstić information content (AvgIpc) is 2.62. The van der Waals surface area contributed by atoms with Crippen LogP contribution in [0, 0.1) is 5.92 Å². The number of hydrogen-bond donors (Lipinski definition) is 6. The molecule has 142 valence electrons. The Morgan fingerprint density at radius 2 is 1.88 bits per heavy atom. The molecule has 0 aliphatic carbocycles. The van der Waals surface area contributed by atoms with Gasteiger partial charge in [-0.3, -0.25) is 20.2 Å². The molecule has 25 heavy (non-hydrogen) atoms. The van der Waals surface area contributed by atoms with Gasteiger partial charge in [-0.15, -0.1) is 0 Å². The molecule has 1 fully saturated rings. The van der Waals surface area contributed by atoms with Crippen LogP contribution in [-0.4, -0.2) is 60.4 Å². The highest BCUT2D eigenvalue weighted by Gasteiger charge is 2.31. The van der Waals surface area contributed by atoms with E-state index in [1.165, 1.54) is 0 Å². The van der Waals surface area contributed by atoms with E-state index in [1.54, 1.807) is 0 Å². The van der Waals surface area contributed by atoms with Gasteiger partial charge in [0, 0.05) is 0 Å². The van der Waals surface area contributed by atoms with Crippen molar-refractivity contribution in [1.29, 1.82) is 0 Å². The highest BCUT2D eigenvalue weighted by atomic mass is 16.4. The van der Waals surface area contributed by atoms with Crippen LogP contribution in [0.4, 0.5) is 0 Å². The molecular formula is C15H27N5O5. The number of hydrazine groups is 1. The van der Waals surface area contributed by atoms with E-state index in [0.29, 0.717) is 38.8 Å². The Bertz CT molecular complexity index is 493. The quantitative estimate of drug-likeness (QED) is 0.147. The normalized spacial score (nSPS) is 17.4. The molecule has 0 aromatic rings. The SMILES string of the molecule is CCCC(NN)C(=O)C(=O)NCC(=O)NC(C(=O)O)C1CCNCC1. The van der Waals surface area contributed by atoms with Gasteiger partial charge in [0.05, 0.1) is 12.6 Å². The van der Waals surface area contributed by atoms with Crippen LogP contribution in [0.5, 0.6) is 0 Å². The largest absolute Gasteiger partial charge is 0.480 e. The number of hydrogen-bond acceptors (Lipinski definition) is 7. The van der Waals surface area contributed by atoms with E-state index in [-0.39, 0.29) is 5.92 Å². The van der Waals surface area contributed by atoms with Gasteiger partial charge in [0.1, 0.15) is 6.04 Å². The molecule has 1 saturated heterocycles. The molecule has 0 spiro atoms. The van der Waals surface area contributed by atoms with E-state index >= 15 is 0 Å². The van der Waals surface area contributed by atoms with Gasteiger partial charge in [0.2, 0.25) is 11.7 Å². The zero-order valence-electron chi connectivity index (χ0n) is 14.3. The van der Waals surface area contributed by atoms with Gasteiger partial charge < -0.3 is 21.1 Å². The number of carbonyl (C=O) groups is 4. The predicted molar refractivity (Wildman–Crippen MR) is 89.2 cm³/mol. The summed E-state index contributed by atoms with van der Waals surface area (Å²) in [4.78, 5) is 47.0. The van der Waals surface area contributed by atoms with Gasteiger partial charge in [0.25, 0.3) is 5.91 Å². The standard InChI is InChI=1S/C15H27N5O5/c1-2-3-10(20-16)13(22)14(23)18-8-11(21)19-12(15(24)25)9-4-6-17-7-5-9/h9-10,12,17,20H,2-8,16H2,1H3,(H,18,23)(H,19,21)(H,24,25). The monoisotopic (exact) mass is 357 g/mol. The smallest absolute Gasteiger partial charge is 0.326 e. The number of carboxylic acid groups (broad SMARTS) is 1. The van der Waals surface area contributed by atoms with Crippen LogP contribution in [0.15, 0.2) is 0 Å². The Morgan fingerprint density at radius 3 is 2.40 bits per heavy atom. The molecule has 2 amide bonds.